The minimum atomic E-state index is 0.266. The van der Waals surface area contributed by atoms with Crippen LogP contribution in [-0.4, -0.2) is 31.1 Å². The highest BCUT2D eigenvalue weighted by Gasteiger charge is 2.42. The molecule has 2 aliphatic heterocycles. The Morgan fingerprint density at radius 1 is 1.25 bits per heavy atom. The van der Waals surface area contributed by atoms with Gasteiger partial charge < -0.3 is 9.64 Å². The summed E-state index contributed by atoms with van der Waals surface area (Å²) in [5.41, 5.74) is 4.76. The summed E-state index contributed by atoms with van der Waals surface area (Å²) < 4.78 is 6.03. The second-order valence-electron chi connectivity index (χ2n) is 9.15. The van der Waals surface area contributed by atoms with Gasteiger partial charge in [0.2, 0.25) is 0 Å². The van der Waals surface area contributed by atoms with Crippen molar-refractivity contribution < 1.29 is 4.74 Å². The first kappa shape index (κ1) is 17.5. The van der Waals surface area contributed by atoms with Gasteiger partial charge in [0.15, 0.2) is 0 Å². The lowest BCUT2D eigenvalue weighted by molar-refractivity contribution is 0.136. The highest BCUT2D eigenvalue weighted by atomic mass is 16.5. The maximum atomic E-state index is 6.03. The third-order valence-electron chi connectivity index (χ3n) is 5.59. The van der Waals surface area contributed by atoms with E-state index in [1.165, 1.54) is 42.6 Å². The first-order valence-corrected chi connectivity index (χ1v) is 9.40. The van der Waals surface area contributed by atoms with Crippen LogP contribution in [0.25, 0.3) is 0 Å². The highest BCUT2D eigenvalue weighted by Crippen LogP contribution is 2.45. The van der Waals surface area contributed by atoms with Crippen LogP contribution in [0.2, 0.25) is 0 Å². The maximum absolute atomic E-state index is 6.03. The summed E-state index contributed by atoms with van der Waals surface area (Å²) in [4.78, 5) is 2.62. The van der Waals surface area contributed by atoms with Crippen LogP contribution >= 0.6 is 0 Å². The molecule has 2 aliphatic rings. The number of hydrogen-bond acceptors (Lipinski definition) is 2. The van der Waals surface area contributed by atoms with E-state index in [2.05, 4.69) is 57.4 Å². The molecule has 0 aromatic heterocycles. The van der Waals surface area contributed by atoms with Crippen LogP contribution in [0, 0.1) is 12.3 Å². The van der Waals surface area contributed by atoms with E-state index in [9.17, 15) is 0 Å². The fourth-order valence-electron chi connectivity index (χ4n) is 4.25. The first-order valence-electron chi connectivity index (χ1n) is 9.40. The Kier molecular flexibility index (Phi) is 4.79. The van der Waals surface area contributed by atoms with Gasteiger partial charge in [0.1, 0.15) is 5.75 Å². The fraction of sp³-hybridized carbons (Fsp3) is 0.636. The summed E-state index contributed by atoms with van der Waals surface area (Å²) in [6.45, 7) is 17.7. The van der Waals surface area contributed by atoms with Crippen molar-refractivity contribution in [3.8, 4) is 5.75 Å². The van der Waals surface area contributed by atoms with E-state index < -0.39 is 0 Å². The lowest BCUT2D eigenvalue weighted by Gasteiger charge is -2.38. The van der Waals surface area contributed by atoms with Gasteiger partial charge in [-0.2, -0.15) is 0 Å². The number of fused-ring (bicyclic) bond motifs is 2. The third kappa shape index (κ3) is 3.85. The highest BCUT2D eigenvalue weighted by molar-refractivity contribution is 5.46. The third-order valence-corrected chi connectivity index (χ3v) is 5.59. The van der Waals surface area contributed by atoms with Crippen LogP contribution in [0.1, 0.15) is 57.6 Å². The van der Waals surface area contributed by atoms with Crippen LogP contribution in [0.4, 0.5) is 0 Å². The zero-order chi connectivity index (χ0) is 17.4. The van der Waals surface area contributed by atoms with Gasteiger partial charge in [-0.25, -0.2) is 0 Å². The zero-order valence-corrected chi connectivity index (χ0v) is 16.0. The molecule has 24 heavy (non-hydrogen) atoms. The Morgan fingerprint density at radius 2 is 1.96 bits per heavy atom. The van der Waals surface area contributed by atoms with Crippen molar-refractivity contribution >= 4 is 0 Å². The van der Waals surface area contributed by atoms with Gasteiger partial charge in [0, 0.05) is 17.5 Å². The standard InChI is InChI=1S/C22H33NO/c1-17-6-7-19-20(14-17)24-16-22(19)9-12-23(13-10-22)11-8-18(2)15-21(3,4)5/h6-7,14H,2,8-13,15-16H2,1,3-5H3. The zero-order valence-electron chi connectivity index (χ0n) is 16.0. The second-order valence-corrected chi connectivity index (χ2v) is 9.15. The lowest BCUT2D eigenvalue weighted by Crippen LogP contribution is -2.43. The molecule has 0 amide bonds. The number of nitrogens with zero attached hydrogens (tertiary/aromatic N) is 1. The summed E-state index contributed by atoms with van der Waals surface area (Å²) in [6.07, 6.45) is 4.70. The SMILES string of the molecule is C=C(CCN1CCC2(CC1)COc1cc(C)ccc12)CC(C)(C)C. The monoisotopic (exact) mass is 327 g/mol. The molecule has 1 aromatic rings. The molecular weight excluding hydrogens is 294 g/mol. The molecule has 3 rings (SSSR count). The summed E-state index contributed by atoms with van der Waals surface area (Å²) in [5, 5.41) is 0. The van der Waals surface area contributed by atoms with Crippen molar-refractivity contribution in [2.24, 2.45) is 5.41 Å². The fourth-order valence-corrected chi connectivity index (χ4v) is 4.25. The number of aryl methyl sites for hydroxylation is 1. The quantitative estimate of drug-likeness (QED) is 0.713. The van der Waals surface area contributed by atoms with E-state index in [1.807, 2.05) is 0 Å². The Bertz CT molecular complexity index is 603. The molecule has 0 atom stereocenters. The molecule has 1 spiro atoms. The molecule has 2 nitrogen and oxygen atoms in total. The predicted octanol–water partition coefficient (Wildman–Crippen LogP) is 5.10. The second kappa shape index (κ2) is 6.55. The number of likely N-dealkylation sites (tertiary alicyclic amines) is 1. The van der Waals surface area contributed by atoms with Crippen molar-refractivity contribution in [3.05, 3.63) is 41.5 Å². The number of piperidine rings is 1. The summed E-state index contributed by atoms with van der Waals surface area (Å²) in [6, 6.07) is 6.74. The van der Waals surface area contributed by atoms with Gasteiger partial charge >= 0.3 is 0 Å². The topological polar surface area (TPSA) is 12.5 Å². The molecule has 132 valence electrons. The van der Waals surface area contributed by atoms with Gasteiger partial charge in [0.05, 0.1) is 6.61 Å². The minimum absolute atomic E-state index is 0.266. The number of ether oxygens (including phenoxy) is 1. The summed E-state index contributed by atoms with van der Waals surface area (Å²) in [5.74, 6) is 1.13. The average Bonchev–Trinajstić information content (AvgIpc) is 2.83. The van der Waals surface area contributed by atoms with Gasteiger partial charge in [-0.3, -0.25) is 0 Å². The Balaban J connectivity index is 1.53. The summed E-state index contributed by atoms with van der Waals surface area (Å²) >= 11 is 0. The van der Waals surface area contributed by atoms with Crippen LogP contribution in [-0.2, 0) is 5.41 Å². The molecule has 0 unspecified atom stereocenters. The molecule has 0 aliphatic carbocycles. The lowest BCUT2D eigenvalue weighted by atomic mass is 9.74. The van der Waals surface area contributed by atoms with Crippen molar-refractivity contribution in [2.75, 3.05) is 26.2 Å². The predicted molar refractivity (Wildman–Crippen MR) is 102 cm³/mol. The Morgan fingerprint density at radius 3 is 2.62 bits per heavy atom. The van der Waals surface area contributed by atoms with Gasteiger partial charge in [-0.15, -0.1) is 0 Å². The average molecular weight is 328 g/mol. The summed E-state index contributed by atoms with van der Waals surface area (Å²) in [7, 11) is 0. The van der Waals surface area contributed by atoms with E-state index in [0.29, 0.717) is 5.41 Å². The van der Waals surface area contributed by atoms with Crippen molar-refractivity contribution in [1.82, 2.24) is 4.90 Å². The molecule has 1 saturated heterocycles. The van der Waals surface area contributed by atoms with Crippen LogP contribution in [0.3, 0.4) is 0 Å². The number of rotatable bonds is 4. The molecule has 1 aromatic carbocycles. The van der Waals surface area contributed by atoms with Gasteiger partial charge in [-0.05, 0) is 62.7 Å². The van der Waals surface area contributed by atoms with Crippen LogP contribution in [0.5, 0.6) is 5.75 Å². The Hall–Kier alpha value is -1.28. The molecule has 0 radical (unpaired) electrons. The molecule has 0 N–H and O–H groups in total. The molecule has 2 heterocycles. The maximum Gasteiger partial charge on any atom is 0.123 e. The van der Waals surface area contributed by atoms with Crippen molar-refractivity contribution in [1.29, 1.82) is 0 Å². The van der Waals surface area contributed by atoms with E-state index in [1.54, 1.807) is 0 Å². The van der Waals surface area contributed by atoms with Crippen molar-refractivity contribution in [2.45, 2.75) is 58.8 Å². The largest absolute Gasteiger partial charge is 0.492 e. The number of benzene rings is 1. The van der Waals surface area contributed by atoms with Crippen LogP contribution in [0.15, 0.2) is 30.4 Å². The minimum Gasteiger partial charge on any atom is -0.492 e. The molecule has 0 saturated carbocycles. The normalized spacial score (nSPS) is 20.0. The molecule has 1 fully saturated rings. The van der Waals surface area contributed by atoms with Gasteiger partial charge in [-0.1, -0.05) is 45.1 Å². The Labute approximate surface area is 147 Å². The van der Waals surface area contributed by atoms with E-state index in [0.717, 1.165) is 31.7 Å². The molecular formula is C22H33NO. The van der Waals surface area contributed by atoms with E-state index in [-0.39, 0.29) is 5.41 Å². The van der Waals surface area contributed by atoms with Gasteiger partial charge in [0.25, 0.3) is 0 Å². The molecule has 0 bridgehead atoms. The van der Waals surface area contributed by atoms with Crippen LogP contribution < -0.4 is 4.74 Å². The van der Waals surface area contributed by atoms with E-state index in [4.69, 9.17) is 4.74 Å². The smallest absolute Gasteiger partial charge is 0.123 e. The first-order chi connectivity index (χ1) is 11.3. The van der Waals surface area contributed by atoms with E-state index >= 15 is 0 Å². The van der Waals surface area contributed by atoms with Crippen molar-refractivity contribution in [3.63, 3.8) is 0 Å². The number of hydrogen-bond donors (Lipinski definition) is 0. The molecule has 2 heteroatoms.